The third-order valence-corrected chi connectivity index (χ3v) is 2.57. The Balaban J connectivity index is 2.71. The van der Waals surface area contributed by atoms with E-state index in [9.17, 15) is 14.7 Å². The van der Waals surface area contributed by atoms with Crippen molar-refractivity contribution < 1.29 is 19.8 Å². The van der Waals surface area contributed by atoms with E-state index >= 15 is 0 Å². The predicted octanol–water partition coefficient (Wildman–Crippen LogP) is 0.387. The van der Waals surface area contributed by atoms with Crippen LogP contribution in [0.25, 0.3) is 0 Å². The van der Waals surface area contributed by atoms with Crippen molar-refractivity contribution in [1.82, 2.24) is 5.32 Å². The summed E-state index contributed by atoms with van der Waals surface area (Å²) in [7, 11) is 0. The topological polar surface area (TPSA) is 146 Å². The van der Waals surface area contributed by atoms with Crippen LogP contribution in [0, 0.1) is 22.7 Å². The average Bonchev–Trinajstić information content (AvgIpc) is 2.45. The standard InChI is InChI=1S/C13H12N4O4/c1-13(21,11(18)19)7-16-12(20)17-10-3-2-8(5-14)9(4-10)6-15/h2-4,21H,7H2,1H3,(H,18,19)(H2,16,17,20). The molecule has 1 unspecified atom stereocenters. The van der Waals surface area contributed by atoms with Gasteiger partial charge in [-0.05, 0) is 25.1 Å². The molecule has 2 amide bonds. The van der Waals surface area contributed by atoms with Crippen molar-refractivity contribution in [2.75, 3.05) is 11.9 Å². The van der Waals surface area contributed by atoms with Crippen molar-refractivity contribution in [3.8, 4) is 12.1 Å². The molecule has 0 aliphatic carbocycles. The highest BCUT2D eigenvalue weighted by atomic mass is 16.4. The molecule has 0 heterocycles. The molecule has 0 aromatic heterocycles. The lowest BCUT2D eigenvalue weighted by Crippen LogP contribution is -2.47. The summed E-state index contributed by atoms with van der Waals surface area (Å²) in [6.07, 6.45) is 0. The van der Waals surface area contributed by atoms with Crippen LogP contribution >= 0.6 is 0 Å². The molecule has 108 valence electrons. The van der Waals surface area contributed by atoms with Crippen molar-refractivity contribution >= 4 is 17.7 Å². The number of carboxylic acids is 1. The lowest BCUT2D eigenvalue weighted by atomic mass is 10.1. The Labute approximate surface area is 120 Å². The molecule has 8 nitrogen and oxygen atoms in total. The Morgan fingerprint density at radius 2 is 1.90 bits per heavy atom. The molecule has 8 heteroatoms. The van der Waals surface area contributed by atoms with Crippen LogP contribution in [0.15, 0.2) is 18.2 Å². The maximum atomic E-state index is 11.6. The molecule has 0 saturated carbocycles. The lowest BCUT2D eigenvalue weighted by Gasteiger charge is -2.18. The molecule has 1 aromatic rings. The van der Waals surface area contributed by atoms with E-state index < -0.39 is 24.1 Å². The van der Waals surface area contributed by atoms with Gasteiger partial charge in [0.15, 0.2) is 5.60 Å². The van der Waals surface area contributed by atoms with Crippen LogP contribution in [-0.4, -0.2) is 34.4 Å². The highest BCUT2D eigenvalue weighted by Crippen LogP contribution is 2.14. The molecule has 1 atom stereocenters. The first kappa shape index (κ1) is 16.0. The van der Waals surface area contributed by atoms with Crippen molar-refractivity contribution in [3.63, 3.8) is 0 Å². The number of carbonyl (C=O) groups excluding carboxylic acids is 1. The van der Waals surface area contributed by atoms with E-state index in [1.807, 2.05) is 12.1 Å². The Bertz CT molecular complexity index is 655. The summed E-state index contributed by atoms with van der Waals surface area (Å²) in [6, 6.07) is 7.02. The number of aliphatic carboxylic acids is 1. The van der Waals surface area contributed by atoms with E-state index in [2.05, 4.69) is 10.6 Å². The second-order valence-corrected chi connectivity index (χ2v) is 4.37. The Morgan fingerprint density at radius 1 is 1.29 bits per heavy atom. The van der Waals surface area contributed by atoms with Gasteiger partial charge < -0.3 is 20.8 Å². The number of anilines is 1. The van der Waals surface area contributed by atoms with Gasteiger partial charge in [0.1, 0.15) is 12.1 Å². The third-order valence-electron chi connectivity index (χ3n) is 2.57. The summed E-state index contributed by atoms with van der Waals surface area (Å²) < 4.78 is 0. The fourth-order valence-corrected chi connectivity index (χ4v) is 1.32. The highest BCUT2D eigenvalue weighted by molar-refractivity contribution is 5.90. The Morgan fingerprint density at radius 3 is 2.43 bits per heavy atom. The summed E-state index contributed by atoms with van der Waals surface area (Å²) in [4.78, 5) is 22.2. The quantitative estimate of drug-likeness (QED) is 0.630. The van der Waals surface area contributed by atoms with Gasteiger partial charge in [-0.25, -0.2) is 9.59 Å². The number of aliphatic hydroxyl groups is 1. The molecule has 0 aliphatic heterocycles. The van der Waals surface area contributed by atoms with Gasteiger partial charge in [0, 0.05) is 5.69 Å². The molecule has 0 saturated heterocycles. The monoisotopic (exact) mass is 288 g/mol. The highest BCUT2D eigenvalue weighted by Gasteiger charge is 2.30. The largest absolute Gasteiger partial charge is 0.479 e. The fraction of sp³-hybridized carbons (Fsp3) is 0.231. The van der Waals surface area contributed by atoms with Crippen LogP contribution in [0.1, 0.15) is 18.1 Å². The van der Waals surface area contributed by atoms with Gasteiger partial charge in [0.05, 0.1) is 17.7 Å². The van der Waals surface area contributed by atoms with Gasteiger partial charge >= 0.3 is 12.0 Å². The summed E-state index contributed by atoms with van der Waals surface area (Å²) >= 11 is 0. The second-order valence-electron chi connectivity index (χ2n) is 4.37. The zero-order chi connectivity index (χ0) is 16.0. The number of carbonyl (C=O) groups is 2. The van der Waals surface area contributed by atoms with Crippen LogP contribution < -0.4 is 10.6 Å². The predicted molar refractivity (Wildman–Crippen MR) is 71.2 cm³/mol. The Hall–Kier alpha value is -3.10. The van der Waals surface area contributed by atoms with Crippen molar-refractivity contribution in [1.29, 1.82) is 10.5 Å². The third kappa shape index (κ3) is 4.20. The first-order valence-electron chi connectivity index (χ1n) is 5.75. The number of nitrogens with one attached hydrogen (secondary N) is 2. The van der Waals surface area contributed by atoms with Crippen molar-refractivity contribution in [2.24, 2.45) is 0 Å². The van der Waals surface area contributed by atoms with Crippen LogP contribution in [0.5, 0.6) is 0 Å². The van der Waals surface area contributed by atoms with Gasteiger partial charge in [-0.2, -0.15) is 10.5 Å². The molecule has 0 aliphatic rings. The lowest BCUT2D eigenvalue weighted by molar-refractivity contribution is -0.155. The number of amides is 2. The van der Waals surface area contributed by atoms with Gasteiger partial charge in [-0.15, -0.1) is 0 Å². The van der Waals surface area contributed by atoms with Crippen molar-refractivity contribution in [3.05, 3.63) is 29.3 Å². The molecular formula is C13H12N4O4. The molecule has 0 spiro atoms. The molecule has 4 N–H and O–H groups in total. The zero-order valence-electron chi connectivity index (χ0n) is 11.0. The summed E-state index contributed by atoms with van der Waals surface area (Å²) in [5, 5.41) is 40.3. The fourth-order valence-electron chi connectivity index (χ4n) is 1.32. The zero-order valence-corrected chi connectivity index (χ0v) is 11.0. The maximum absolute atomic E-state index is 11.6. The van der Waals surface area contributed by atoms with Crippen LogP contribution in [0.4, 0.5) is 10.5 Å². The first-order valence-corrected chi connectivity index (χ1v) is 5.75. The number of rotatable bonds is 4. The molecule has 0 radical (unpaired) electrons. The smallest absolute Gasteiger partial charge is 0.337 e. The minimum Gasteiger partial charge on any atom is -0.479 e. The van der Waals surface area contributed by atoms with Gasteiger partial charge in [0.25, 0.3) is 0 Å². The second kappa shape index (κ2) is 6.37. The van der Waals surface area contributed by atoms with Gasteiger partial charge in [0.2, 0.25) is 0 Å². The van der Waals surface area contributed by atoms with E-state index in [-0.39, 0.29) is 16.8 Å². The normalized spacial score (nSPS) is 12.4. The number of benzene rings is 1. The number of urea groups is 1. The van der Waals surface area contributed by atoms with E-state index in [1.165, 1.54) is 18.2 Å². The molecule has 0 bridgehead atoms. The minimum atomic E-state index is -2.08. The Kier molecular flexibility index (Phi) is 4.84. The number of carboxylic acid groups (broad SMARTS) is 1. The number of hydrogen-bond acceptors (Lipinski definition) is 5. The van der Waals surface area contributed by atoms with E-state index in [0.717, 1.165) is 6.92 Å². The van der Waals surface area contributed by atoms with Crippen LogP contribution in [-0.2, 0) is 4.79 Å². The van der Waals surface area contributed by atoms with E-state index in [1.54, 1.807) is 0 Å². The summed E-state index contributed by atoms with van der Waals surface area (Å²) in [5.41, 5.74) is -1.54. The molecule has 21 heavy (non-hydrogen) atoms. The van der Waals surface area contributed by atoms with Gasteiger partial charge in [-0.1, -0.05) is 0 Å². The van der Waals surface area contributed by atoms with Crippen molar-refractivity contribution in [2.45, 2.75) is 12.5 Å². The number of nitriles is 2. The molecule has 1 aromatic carbocycles. The number of hydrogen-bond donors (Lipinski definition) is 4. The summed E-state index contributed by atoms with van der Waals surface area (Å²) in [5.74, 6) is -1.46. The maximum Gasteiger partial charge on any atom is 0.337 e. The average molecular weight is 288 g/mol. The molecular weight excluding hydrogens is 276 g/mol. The minimum absolute atomic E-state index is 0.104. The first-order chi connectivity index (χ1) is 9.80. The van der Waals surface area contributed by atoms with Crippen LogP contribution in [0.3, 0.4) is 0 Å². The van der Waals surface area contributed by atoms with E-state index in [4.69, 9.17) is 15.6 Å². The molecule has 0 fully saturated rings. The van der Waals surface area contributed by atoms with Crippen LogP contribution in [0.2, 0.25) is 0 Å². The SMILES string of the molecule is CC(O)(CNC(=O)Nc1ccc(C#N)c(C#N)c1)C(=O)O. The molecule has 1 rings (SSSR count). The van der Waals surface area contributed by atoms with Gasteiger partial charge in [-0.3, -0.25) is 0 Å². The summed E-state index contributed by atoms with van der Waals surface area (Å²) in [6.45, 7) is 0.556. The van der Waals surface area contributed by atoms with E-state index in [0.29, 0.717) is 0 Å². The number of nitrogens with zero attached hydrogens (tertiary/aromatic N) is 2.